The highest BCUT2D eigenvalue weighted by Gasteiger charge is 2.13. The van der Waals surface area contributed by atoms with Crippen LogP contribution in [0.2, 0.25) is 0 Å². The first-order valence-corrected chi connectivity index (χ1v) is 8.89. The van der Waals surface area contributed by atoms with E-state index < -0.39 is 0 Å². The molecule has 0 saturated carbocycles. The first kappa shape index (κ1) is 22.1. The highest BCUT2D eigenvalue weighted by molar-refractivity contribution is 5.85. The number of aromatic nitrogens is 4. The summed E-state index contributed by atoms with van der Waals surface area (Å²) in [5.74, 6) is 0.479. The topological polar surface area (TPSA) is 101 Å². The summed E-state index contributed by atoms with van der Waals surface area (Å²) in [4.78, 5) is 17.6. The van der Waals surface area contributed by atoms with Gasteiger partial charge in [-0.2, -0.15) is 0 Å². The Kier molecular flexibility index (Phi) is 7.91. The molecule has 0 unspecified atom stereocenters. The number of nitrogens with one attached hydrogen (secondary N) is 1. The third kappa shape index (κ3) is 6.15. The molecule has 0 amide bonds. The molecule has 0 spiro atoms. The normalized spacial score (nSPS) is 12.1. The predicted molar refractivity (Wildman–Crippen MR) is 114 cm³/mol. The standard InChI is InChI=1S/C21H21FN6.ClH/c1-14(15-2-4-16(22)5-3-15)10-21-27-17(11-18-13-25-8-9-26-18)12-20(28-21)19(24)6-7-23;/h2-9,12-14,23H,10-11,24H2,1H3;1H/t14-;/m1./s1. The Morgan fingerprint density at radius 3 is 2.59 bits per heavy atom. The van der Waals surface area contributed by atoms with Gasteiger partial charge in [0.05, 0.1) is 22.8 Å². The predicted octanol–water partition coefficient (Wildman–Crippen LogP) is 3.71. The molecule has 150 valence electrons. The summed E-state index contributed by atoms with van der Waals surface area (Å²) in [6, 6.07) is 8.25. The van der Waals surface area contributed by atoms with E-state index in [1.54, 1.807) is 36.8 Å². The molecule has 0 aliphatic rings. The van der Waals surface area contributed by atoms with Gasteiger partial charge in [-0.15, -0.1) is 12.4 Å². The second-order valence-electron chi connectivity index (χ2n) is 6.48. The number of rotatable bonds is 7. The van der Waals surface area contributed by atoms with E-state index in [9.17, 15) is 4.39 Å². The first-order valence-electron chi connectivity index (χ1n) is 8.89. The van der Waals surface area contributed by atoms with Crippen LogP contribution in [0.4, 0.5) is 4.39 Å². The molecule has 8 heteroatoms. The minimum atomic E-state index is -0.259. The van der Waals surface area contributed by atoms with Crippen LogP contribution in [0.5, 0.6) is 0 Å². The van der Waals surface area contributed by atoms with Crippen molar-refractivity contribution in [3.05, 3.63) is 89.3 Å². The van der Waals surface area contributed by atoms with Crippen molar-refractivity contribution >= 4 is 24.3 Å². The molecule has 3 aromatic rings. The summed E-state index contributed by atoms with van der Waals surface area (Å²) in [6.45, 7) is 2.04. The zero-order valence-electron chi connectivity index (χ0n) is 15.9. The van der Waals surface area contributed by atoms with Crippen LogP contribution in [0.25, 0.3) is 5.70 Å². The minimum absolute atomic E-state index is 0. The molecule has 2 heterocycles. The number of allylic oxidation sites excluding steroid dienone is 1. The SMILES string of the molecule is C[C@H](Cc1nc(Cc2cnccn2)cc(C(N)=CC=N)n1)c1ccc(F)cc1.Cl. The molecule has 0 fully saturated rings. The van der Waals surface area contributed by atoms with Crippen molar-refractivity contribution in [1.29, 1.82) is 5.41 Å². The van der Waals surface area contributed by atoms with Crippen LogP contribution < -0.4 is 5.73 Å². The number of nitrogens with zero attached hydrogens (tertiary/aromatic N) is 4. The van der Waals surface area contributed by atoms with Gasteiger partial charge in [-0.05, 0) is 35.8 Å². The van der Waals surface area contributed by atoms with Crippen LogP contribution in [0.1, 0.15) is 41.3 Å². The molecule has 3 rings (SSSR count). The molecule has 0 saturated heterocycles. The van der Waals surface area contributed by atoms with Gasteiger partial charge in [-0.25, -0.2) is 14.4 Å². The number of hydrogen-bond donors (Lipinski definition) is 2. The summed E-state index contributed by atoms with van der Waals surface area (Å²) in [6.07, 6.45) is 8.64. The zero-order chi connectivity index (χ0) is 19.9. The molecule has 0 bridgehead atoms. The molecule has 0 radical (unpaired) electrons. The lowest BCUT2D eigenvalue weighted by atomic mass is 9.97. The van der Waals surface area contributed by atoms with Crippen molar-refractivity contribution in [3.8, 4) is 0 Å². The number of hydrogen-bond acceptors (Lipinski definition) is 6. The third-order valence-electron chi connectivity index (χ3n) is 4.29. The van der Waals surface area contributed by atoms with Gasteiger partial charge in [-0.3, -0.25) is 9.97 Å². The Labute approximate surface area is 175 Å². The molecule has 0 aliphatic carbocycles. The fourth-order valence-electron chi connectivity index (χ4n) is 2.85. The van der Waals surface area contributed by atoms with Crippen molar-refractivity contribution in [1.82, 2.24) is 19.9 Å². The van der Waals surface area contributed by atoms with Crippen molar-refractivity contribution in [2.24, 2.45) is 5.73 Å². The Hall–Kier alpha value is -3.19. The Balaban J connectivity index is 0.00000300. The highest BCUT2D eigenvalue weighted by atomic mass is 35.5. The summed E-state index contributed by atoms with van der Waals surface area (Å²) in [5, 5.41) is 7.24. The molecule has 0 aliphatic heterocycles. The van der Waals surface area contributed by atoms with Crippen LogP contribution in [0, 0.1) is 11.2 Å². The van der Waals surface area contributed by atoms with E-state index in [1.807, 2.05) is 6.92 Å². The van der Waals surface area contributed by atoms with E-state index in [0.717, 1.165) is 23.2 Å². The minimum Gasteiger partial charge on any atom is -0.397 e. The molecule has 29 heavy (non-hydrogen) atoms. The third-order valence-corrected chi connectivity index (χ3v) is 4.29. The Morgan fingerprint density at radius 1 is 1.17 bits per heavy atom. The van der Waals surface area contributed by atoms with E-state index in [2.05, 4.69) is 19.9 Å². The van der Waals surface area contributed by atoms with Gasteiger partial charge in [0.1, 0.15) is 11.6 Å². The number of benzene rings is 1. The van der Waals surface area contributed by atoms with Crippen LogP contribution in [0.15, 0.2) is 55.0 Å². The maximum atomic E-state index is 13.2. The molecular weight excluding hydrogens is 391 g/mol. The average Bonchev–Trinajstić information content (AvgIpc) is 2.69. The lowest BCUT2D eigenvalue weighted by Crippen LogP contribution is -2.10. The van der Waals surface area contributed by atoms with Crippen molar-refractivity contribution in [2.75, 3.05) is 0 Å². The van der Waals surface area contributed by atoms with E-state index in [0.29, 0.717) is 30.1 Å². The summed E-state index contributed by atoms with van der Waals surface area (Å²) in [5.41, 5.74) is 9.58. The maximum absolute atomic E-state index is 13.2. The van der Waals surface area contributed by atoms with Crippen molar-refractivity contribution in [2.45, 2.75) is 25.7 Å². The molecule has 2 aromatic heterocycles. The van der Waals surface area contributed by atoms with E-state index >= 15 is 0 Å². The average molecular weight is 413 g/mol. The molecular formula is C21H22ClFN6. The van der Waals surface area contributed by atoms with Gasteiger partial charge in [0.25, 0.3) is 0 Å². The van der Waals surface area contributed by atoms with Gasteiger partial charge in [0, 0.05) is 37.6 Å². The number of halogens is 2. The monoisotopic (exact) mass is 412 g/mol. The van der Waals surface area contributed by atoms with Crippen LogP contribution in [-0.2, 0) is 12.8 Å². The van der Waals surface area contributed by atoms with Crippen LogP contribution in [0.3, 0.4) is 0 Å². The van der Waals surface area contributed by atoms with Gasteiger partial charge in [-0.1, -0.05) is 19.1 Å². The lowest BCUT2D eigenvalue weighted by molar-refractivity contribution is 0.624. The Bertz CT molecular complexity index is 976. The second-order valence-corrected chi connectivity index (χ2v) is 6.48. The number of nitrogens with two attached hydrogens (primary N) is 1. The maximum Gasteiger partial charge on any atom is 0.129 e. The van der Waals surface area contributed by atoms with Crippen molar-refractivity contribution < 1.29 is 4.39 Å². The van der Waals surface area contributed by atoms with Gasteiger partial charge < -0.3 is 11.1 Å². The molecule has 1 atom stereocenters. The molecule has 1 aromatic carbocycles. The lowest BCUT2D eigenvalue weighted by Gasteiger charge is -2.13. The Morgan fingerprint density at radius 2 is 1.93 bits per heavy atom. The second kappa shape index (κ2) is 10.4. The van der Waals surface area contributed by atoms with E-state index in [-0.39, 0.29) is 24.1 Å². The smallest absolute Gasteiger partial charge is 0.129 e. The summed E-state index contributed by atoms with van der Waals surface area (Å²) < 4.78 is 13.2. The largest absolute Gasteiger partial charge is 0.397 e. The summed E-state index contributed by atoms with van der Waals surface area (Å²) in [7, 11) is 0. The van der Waals surface area contributed by atoms with Gasteiger partial charge in [0.2, 0.25) is 0 Å². The van der Waals surface area contributed by atoms with Crippen LogP contribution >= 0.6 is 12.4 Å². The first-order chi connectivity index (χ1) is 13.5. The van der Waals surface area contributed by atoms with Crippen molar-refractivity contribution in [3.63, 3.8) is 0 Å². The fraction of sp³-hybridized carbons (Fsp3) is 0.190. The fourth-order valence-corrected chi connectivity index (χ4v) is 2.85. The quantitative estimate of drug-likeness (QED) is 0.576. The zero-order valence-corrected chi connectivity index (χ0v) is 16.7. The molecule has 3 N–H and O–H groups in total. The summed E-state index contributed by atoms with van der Waals surface area (Å²) >= 11 is 0. The van der Waals surface area contributed by atoms with E-state index in [4.69, 9.17) is 11.1 Å². The molecule has 6 nitrogen and oxygen atoms in total. The highest BCUT2D eigenvalue weighted by Crippen LogP contribution is 2.21. The van der Waals surface area contributed by atoms with E-state index in [1.165, 1.54) is 18.2 Å². The van der Waals surface area contributed by atoms with Gasteiger partial charge >= 0.3 is 0 Å². The van der Waals surface area contributed by atoms with Crippen LogP contribution in [-0.4, -0.2) is 26.2 Å². The van der Waals surface area contributed by atoms with Gasteiger partial charge in [0.15, 0.2) is 0 Å².